The molecule has 7 nitrogen and oxygen atoms in total. The maximum atomic E-state index is 10.8. The third-order valence-electron chi connectivity index (χ3n) is 3.22. The van der Waals surface area contributed by atoms with Gasteiger partial charge in [-0.15, -0.1) is 5.10 Å². The SMILES string of the molecule is CC.CC.CC(=O)Nc1cc2c(Br)cccn2n1.Nc1cc2c(Br)cccn2n1. The van der Waals surface area contributed by atoms with Crippen LogP contribution in [0.1, 0.15) is 34.6 Å². The van der Waals surface area contributed by atoms with Crippen molar-refractivity contribution < 1.29 is 4.79 Å². The molecule has 0 aliphatic rings. The lowest BCUT2D eigenvalue weighted by atomic mass is 10.4. The Labute approximate surface area is 187 Å². The van der Waals surface area contributed by atoms with Crippen LogP contribution in [0.4, 0.5) is 11.6 Å². The van der Waals surface area contributed by atoms with Gasteiger partial charge in [0.05, 0.1) is 11.0 Å². The van der Waals surface area contributed by atoms with Crippen LogP contribution in [-0.4, -0.2) is 25.1 Å². The van der Waals surface area contributed by atoms with Gasteiger partial charge in [-0.05, 0) is 56.1 Å². The fourth-order valence-corrected chi connectivity index (χ4v) is 3.12. The van der Waals surface area contributed by atoms with Crippen LogP contribution >= 0.6 is 31.9 Å². The van der Waals surface area contributed by atoms with Gasteiger partial charge in [0.2, 0.25) is 5.91 Å². The van der Waals surface area contributed by atoms with Crippen LogP contribution in [0.3, 0.4) is 0 Å². The molecule has 4 aromatic heterocycles. The van der Waals surface area contributed by atoms with Gasteiger partial charge in [0.15, 0.2) is 5.82 Å². The molecule has 0 fully saturated rings. The van der Waals surface area contributed by atoms with Crippen LogP contribution < -0.4 is 11.1 Å². The van der Waals surface area contributed by atoms with Gasteiger partial charge in [-0.2, -0.15) is 5.10 Å². The van der Waals surface area contributed by atoms with Gasteiger partial charge in [-0.3, -0.25) is 4.79 Å². The average Bonchev–Trinajstić information content (AvgIpc) is 3.29. The van der Waals surface area contributed by atoms with E-state index in [1.54, 1.807) is 9.03 Å². The Hall–Kier alpha value is -2.39. The number of nitrogens with two attached hydrogens (primary N) is 1. The number of halogens is 2. The fourth-order valence-electron chi connectivity index (χ4n) is 2.22. The Morgan fingerprint density at radius 1 is 0.931 bits per heavy atom. The Morgan fingerprint density at radius 2 is 1.41 bits per heavy atom. The summed E-state index contributed by atoms with van der Waals surface area (Å²) in [4.78, 5) is 10.8. The first kappa shape index (κ1) is 24.6. The van der Waals surface area contributed by atoms with E-state index in [9.17, 15) is 4.79 Å². The molecular weight excluding hydrogens is 500 g/mol. The molecule has 0 saturated heterocycles. The monoisotopic (exact) mass is 524 g/mol. The van der Waals surface area contributed by atoms with E-state index in [-0.39, 0.29) is 5.91 Å². The van der Waals surface area contributed by atoms with E-state index in [1.165, 1.54) is 6.92 Å². The third kappa shape index (κ3) is 6.86. The summed E-state index contributed by atoms with van der Waals surface area (Å²) in [5.41, 5.74) is 7.42. The topological polar surface area (TPSA) is 89.7 Å². The van der Waals surface area contributed by atoms with Crippen LogP contribution in [0.15, 0.2) is 57.7 Å². The van der Waals surface area contributed by atoms with Crippen molar-refractivity contribution in [3.63, 3.8) is 0 Å². The van der Waals surface area contributed by atoms with Gasteiger partial charge in [0.25, 0.3) is 0 Å². The summed E-state index contributed by atoms with van der Waals surface area (Å²) in [6, 6.07) is 11.3. The fraction of sp³-hybridized carbons (Fsp3) is 0.250. The molecular formula is C20H26Br2N6O. The molecule has 0 aliphatic carbocycles. The number of anilines is 2. The highest BCUT2D eigenvalue weighted by molar-refractivity contribution is 9.11. The number of nitrogens with one attached hydrogen (secondary N) is 1. The van der Waals surface area contributed by atoms with Crippen LogP contribution in [0.2, 0.25) is 0 Å². The quantitative estimate of drug-likeness (QED) is 0.329. The molecule has 0 atom stereocenters. The third-order valence-corrected chi connectivity index (χ3v) is 4.56. The number of aromatic nitrogens is 4. The van der Waals surface area contributed by atoms with E-state index in [0.717, 1.165) is 20.0 Å². The van der Waals surface area contributed by atoms with E-state index in [2.05, 4.69) is 47.4 Å². The minimum atomic E-state index is -0.121. The molecule has 1 amide bonds. The van der Waals surface area contributed by atoms with Crippen molar-refractivity contribution in [3.05, 3.63) is 57.7 Å². The van der Waals surface area contributed by atoms with Crippen molar-refractivity contribution in [2.24, 2.45) is 0 Å². The molecule has 0 spiro atoms. The predicted molar refractivity (Wildman–Crippen MR) is 127 cm³/mol. The number of carbonyl (C=O) groups excluding carboxylic acids is 1. The Morgan fingerprint density at radius 3 is 1.86 bits per heavy atom. The van der Waals surface area contributed by atoms with Crippen molar-refractivity contribution in [1.82, 2.24) is 19.2 Å². The van der Waals surface area contributed by atoms with Crippen molar-refractivity contribution in [2.75, 3.05) is 11.1 Å². The molecule has 4 heterocycles. The first-order valence-corrected chi connectivity index (χ1v) is 10.8. The normalized spacial score (nSPS) is 9.48. The molecule has 0 aromatic carbocycles. The number of hydrogen-bond donors (Lipinski definition) is 2. The lowest BCUT2D eigenvalue weighted by Crippen LogP contribution is -2.06. The maximum Gasteiger partial charge on any atom is 0.222 e. The summed E-state index contributed by atoms with van der Waals surface area (Å²) in [7, 11) is 0. The van der Waals surface area contributed by atoms with Crippen LogP contribution in [0.5, 0.6) is 0 Å². The second kappa shape index (κ2) is 12.2. The number of rotatable bonds is 1. The highest BCUT2D eigenvalue weighted by Crippen LogP contribution is 2.20. The van der Waals surface area contributed by atoms with Crippen molar-refractivity contribution in [1.29, 1.82) is 0 Å². The number of hydrogen-bond acceptors (Lipinski definition) is 4. The van der Waals surface area contributed by atoms with Gasteiger partial charge >= 0.3 is 0 Å². The summed E-state index contributed by atoms with van der Waals surface area (Å²) in [5, 5.41) is 10.8. The molecule has 29 heavy (non-hydrogen) atoms. The molecule has 0 unspecified atom stereocenters. The Balaban J connectivity index is 0.000000252. The number of pyridine rings is 2. The molecule has 0 bridgehead atoms. The van der Waals surface area contributed by atoms with Crippen LogP contribution in [0, 0.1) is 0 Å². The van der Waals surface area contributed by atoms with E-state index >= 15 is 0 Å². The average molecular weight is 526 g/mol. The summed E-state index contributed by atoms with van der Waals surface area (Å²) in [6.45, 7) is 9.46. The zero-order chi connectivity index (χ0) is 22.0. The van der Waals surface area contributed by atoms with E-state index in [0.29, 0.717) is 11.6 Å². The second-order valence-electron chi connectivity index (χ2n) is 5.15. The highest BCUT2D eigenvalue weighted by Gasteiger charge is 2.04. The maximum absolute atomic E-state index is 10.8. The van der Waals surface area contributed by atoms with Crippen molar-refractivity contribution in [3.8, 4) is 0 Å². The van der Waals surface area contributed by atoms with Gasteiger partial charge in [-0.25, -0.2) is 9.03 Å². The predicted octanol–water partition coefficient (Wildman–Crippen LogP) is 5.79. The number of nitrogen functional groups attached to an aromatic ring is 1. The minimum Gasteiger partial charge on any atom is -0.382 e. The zero-order valence-corrected chi connectivity index (χ0v) is 20.3. The van der Waals surface area contributed by atoms with Gasteiger partial charge < -0.3 is 11.1 Å². The lowest BCUT2D eigenvalue weighted by molar-refractivity contribution is -0.114. The second-order valence-corrected chi connectivity index (χ2v) is 6.86. The number of nitrogens with zero attached hydrogens (tertiary/aromatic N) is 4. The minimum absolute atomic E-state index is 0.121. The van der Waals surface area contributed by atoms with Gasteiger partial charge in [-0.1, -0.05) is 27.7 Å². The summed E-state index contributed by atoms with van der Waals surface area (Å²) in [6.07, 6.45) is 3.68. The lowest BCUT2D eigenvalue weighted by Gasteiger charge is -1.93. The van der Waals surface area contributed by atoms with Crippen molar-refractivity contribution in [2.45, 2.75) is 34.6 Å². The molecule has 0 saturated carbocycles. The van der Waals surface area contributed by atoms with Crippen LogP contribution in [0.25, 0.3) is 11.0 Å². The Bertz CT molecular complexity index is 1060. The van der Waals surface area contributed by atoms with E-state index < -0.39 is 0 Å². The number of amides is 1. The molecule has 4 aromatic rings. The van der Waals surface area contributed by atoms with E-state index in [4.69, 9.17) is 5.73 Å². The molecule has 0 radical (unpaired) electrons. The molecule has 9 heteroatoms. The zero-order valence-electron chi connectivity index (χ0n) is 17.1. The molecule has 0 aliphatic heterocycles. The smallest absolute Gasteiger partial charge is 0.222 e. The van der Waals surface area contributed by atoms with Gasteiger partial charge in [0.1, 0.15) is 5.82 Å². The number of fused-ring (bicyclic) bond motifs is 2. The number of carbonyl (C=O) groups is 1. The Kier molecular flexibility index (Phi) is 10.4. The summed E-state index contributed by atoms with van der Waals surface area (Å²) >= 11 is 6.80. The first-order chi connectivity index (χ1) is 13.9. The van der Waals surface area contributed by atoms with Crippen LogP contribution in [-0.2, 0) is 4.79 Å². The standard InChI is InChI=1S/C9H8BrN3O.C7H6BrN3.2C2H6/c1-6(14)11-9-5-8-7(10)3-2-4-13(8)12-9;8-5-2-1-3-11-6(5)4-7(9)10-11;2*1-2/h2-5H,1H3,(H,11,12,14);1-4H,(H2,9,10);2*1-2H3. The molecule has 4 rings (SSSR count). The summed E-state index contributed by atoms with van der Waals surface area (Å²) < 4.78 is 5.39. The molecule has 3 N–H and O–H groups in total. The molecule has 156 valence electrons. The first-order valence-electron chi connectivity index (χ1n) is 9.25. The van der Waals surface area contributed by atoms with Gasteiger partial charge in [0, 0.05) is 40.4 Å². The summed E-state index contributed by atoms with van der Waals surface area (Å²) in [5.74, 6) is 0.978. The van der Waals surface area contributed by atoms with E-state index in [1.807, 2.05) is 76.5 Å². The largest absolute Gasteiger partial charge is 0.382 e. The highest BCUT2D eigenvalue weighted by atomic mass is 79.9. The van der Waals surface area contributed by atoms with Crippen molar-refractivity contribution >= 4 is 60.4 Å².